The van der Waals surface area contributed by atoms with Crippen molar-refractivity contribution in [1.29, 1.82) is 10.5 Å². The van der Waals surface area contributed by atoms with E-state index in [0.29, 0.717) is 11.1 Å². The number of carbonyl (C=O) groups excluding carboxylic acids is 2. The third-order valence-electron chi connectivity index (χ3n) is 3.14. The highest BCUT2D eigenvalue weighted by Crippen LogP contribution is 2.16. The zero-order chi connectivity index (χ0) is 15.1. The molecule has 0 unspecified atom stereocenters. The van der Waals surface area contributed by atoms with Crippen LogP contribution in [0.5, 0.6) is 0 Å². The molecule has 1 aromatic carbocycles. The Labute approximate surface area is 118 Å². The molecule has 4 nitrogen and oxygen atoms in total. The largest absolute Gasteiger partial charge is 0.294 e. The fourth-order valence-electron chi connectivity index (χ4n) is 1.83. The first-order valence-corrected chi connectivity index (χ1v) is 6.43. The monoisotopic (exact) mass is 268 g/mol. The van der Waals surface area contributed by atoms with Gasteiger partial charge in [0.1, 0.15) is 0 Å². The fraction of sp³-hybridized carbons (Fsp3) is 0.375. The number of Topliss-reactive ketones (excluding diaryl/α,β-unsaturated/α-hetero) is 2. The maximum Gasteiger partial charge on any atom is 0.166 e. The number of hydrogen-bond donors (Lipinski definition) is 0. The number of hydrogen-bond acceptors (Lipinski definition) is 4. The molecule has 0 N–H and O–H groups in total. The van der Waals surface area contributed by atoms with Gasteiger partial charge < -0.3 is 0 Å². The molecule has 102 valence electrons. The van der Waals surface area contributed by atoms with Gasteiger partial charge in [0, 0.05) is 35.8 Å². The Hall–Kier alpha value is -2.46. The molecule has 0 fully saturated rings. The SMILES string of the molecule is C[C@H](CC#N)C(=O)c1ccc(C(=O)[C@H](C)CC#N)cc1. The maximum absolute atomic E-state index is 12.0. The van der Waals surface area contributed by atoms with Crippen molar-refractivity contribution in [3.8, 4) is 12.1 Å². The van der Waals surface area contributed by atoms with Gasteiger partial charge in [0.15, 0.2) is 11.6 Å². The van der Waals surface area contributed by atoms with Crippen LogP contribution < -0.4 is 0 Å². The Bertz CT molecular complexity index is 523. The second-order valence-corrected chi connectivity index (χ2v) is 4.83. The van der Waals surface area contributed by atoms with Crippen LogP contribution in [-0.2, 0) is 0 Å². The highest BCUT2D eigenvalue weighted by Gasteiger charge is 2.17. The minimum absolute atomic E-state index is 0.101. The molecule has 1 rings (SSSR count). The number of ketones is 2. The van der Waals surface area contributed by atoms with Crippen LogP contribution in [0.1, 0.15) is 47.4 Å². The Balaban J connectivity index is 2.85. The molecule has 0 heterocycles. The highest BCUT2D eigenvalue weighted by molar-refractivity contribution is 6.01. The van der Waals surface area contributed by atoms with Crippen LogP contribution in [0, 0.1) is 34.5 Å². The van der Waals surface area contributed by atoms with E-state index in [1.54, 1.807) is 38.1 Å². The summed E-state index contributed by atoms with van der Waals surface area (Å²) in [5, 5.41) is 17.2. The molecule has 0 aromatic heterocycles. The predicted octanol–water partition coefficient (Wildman–Crippen LogP) is 3.15. The summed E-state index contributed by atoms with van der Waals surface area (Å²) in [6.45, 7) is 3.42. The van der Waals surface area contributed by atoms with Crippen molar-refractivity contribution >= 4 is 11.6 Å². The van der Waals surface area contributed by atoms with Gasteiger partial charge in [0.05, 0.1) is 12.1 Å². The molecule has 0 amide bonds. The lowest BCUT2D eigenvalue weighted by Crippen LogP contribution is -2.13. The van der Waals surface area contributed by atoms with Crippen molar-refractivity contribution in [2.75, 3.05) is 0 Å². The minimum Gasteiger partial charge on any atom is -0.294 e. The molecule has 0 radical (unpaired) electrons. The first-order valence-electron chi connectivity index (χ1n) is 6.43. The summed E-state index contributed by atoms with van der Waals surface area (Å²) in [6, 6.07) is 10.3. The molecule has 20 heavy (non-hydrogen) atoms. The molecule has 0 saturated heterocycles. The number of nitrogens with zero attached hydrogens (tertiary/aromatic N) is 2. The van der Waals surface area contributed by atoms with E-state index in [2.05, 4.69) is 0 Å². The summed E-state index contributed by atoms with van der Waals surface area (Å²) < 4.78 is 0. The molecule has 0 saturated carbocycles. The second-order valence-electron chi connectivity index (χ2n) is 4.83. The van der Waals surface area contributed by atoms with E-state index in [4.69, 9.17) is 10.5 Å². The van der Waals surface area contributed by atoms with Crippen LogP contribution in [0.25, 0.3) is 0 Å². The Morgan fingerprint density at radius 1 is 0.900 bits per heavy atom. The molecule has 2 atom stereocenters. The molecule has 0 aliphatic carbocycles. The third kappa shape index (κ3) is 3.76. The summed E-state index contributed by atoms with van der Waals surface area (Å²) in [7, 11) is 0. The summed E-state index contributed by atoms with van der Waals surface area (Å²) >= 11 is 0. The van der Waals surface area contributed by atoms with Crippen LogP contribution in [0.15, 0.2) is 24.3 Å². The van der Waals surface area contributed by atoms with Crippen LogP contribution in [-0.4, -0.2) is 11.6 Å². The minimum atomic E-state index is -0.348. The van der Waals surface area contributed by atoms with E-state index < -0.39 is 0 Å². The Kier molecular flexibility index (Phi) is 5.62. The Morgan fingerprint density at radius 3 is 1.45 bits per heavy atom. The molecule has 0 bridgehead atoms. The summed E-state index contributed by atoms with van der Waals surface area (Å²) in [6.07, 6.45) is 0.359. The molecular weight excluding hydrogens is 252 g/mol. The predicted molar refractivity (Wildman–Crippen MR) is 73.9 cm³/mol. The quantitative estimate of drug-likeness (QED) is 0.742. The average Bonchev–Trinajstić information content (AvgIpc) is 2.46. The van der Waals surface area contributed by atoms with Crippen molar-refractivity contribution in [2.24, 2.45) is 11.8 Å². The van der Waals surface area contributed by atoms with Gasteiger partial charge in [-0.25, -0.2) is 0 Å². The molecule has 0 aliphatic heterocycles. The molecule has 0 aliphatic rings. The molecule has 1 aromatic rings. The van der Waals surface area contributed by atoms with Gasteiger partial charge in [-0.1, -0.05) is 38.1 Å². The van der Waals surface area contributed by atoms with Crippen molar-refractivity contribution < 1.29 is 9.59 Å². The lowest BCUT2D eigenvalue weighted by Gasteiger charge is -2.09. The van der Waals surface area contributed by atoms with Crippen LogP contribution in [0.2, 0.25) is 0 Å². The van der Waals surface area contributed by atoms with Gasteiger partial charge in [-0.3, -0.25) is 9.59 Å². The zero-order valence-electron chi connectivity index (χ0n) is 11.6. The van der Waals surface area contributed by atoms with E-state index in [-0.39, 0.29) is 36.2 Å². The van der Waals surface area contributed by atoms with Crippen molar-refractivity contribution in [2.45, 2.75) is 26.7 Å². The van der Waals surface area contributed by atoms with Crippen molar-refractivity contribution in [3.05, 3.63) is 35.4 Å². The first-order chi connectivity index (χ1) is 9.51. The van der Waals surface area contributed by atoms with Gasteiger partial charge in [0.2, 0.25) is 0 Å². The van der Waals surface area contributed by atoms with E-state index in [1.165, 1.54) is 0 Å². The number of benzene rings is 1. The van der Waals surface area contributed by atoms with E-state index >= 15 is 0 Å². The standard InChI is InChI=1S/C16H16N2O2/c1-11(7-9-17)15(19)13-3-5-14(6-4-13)16(20)12(2)8-10-18/h3-6,11-12H,7-8H2,1-2H3/t11-,12-/m1/s1. The Morgan fingerprint density at radius 2 is 1.20 bits per heavy atom. The van der Waals surface area contributed by atoms with E-state index in [9.17, 15) is 9.59 Å². The van der Waals surface area contributed by atoms with Gasteiger partial charge in [-0.2, -0.15) is 10.5 Å². The topological polar surface area (TPSA) is 81.7 Å². The maximum atomic E-state index is 12.0. The van der Waals surface area contributed by atoms with E-state index in [0.717, 1.165) is 0 Å². The van der Waals surface area contributed by atoms with Crippen LogP contribution in [0.3, 0.4) is 0 Å². The fourth-order valence-corrected chi connectivity index (χ4v) is 1.83. The molecule has 4 heteroatoms. The van der Waals surface area contributed by atoms with Gasteiger partial charge in [-0.15, -0.1) is 0 Å². The average molecular weight is 268 g/mol. The lowest BCUT2D eigenvalue weighted by molar-refractivity contribution is 0.0921. The normalized spacial score (nSPS) is 12.8. The third-order valence-corrected chi connectivity index (χ3v) is 3.14. The summed E-state index contributed by atoms with van der Waals surface area (Å²) in [5.74, 6) is -0.899. The smallest absolute Gasteiger partial charge is 0.166 e. The number of carbonyl (C=O) groups is 2. The highest BCUT2D eigenvalue weighted by atomic mass is 16.1. The van der Waals surface area contributed by atoms with Gasteiger partial charge in [-0.05, 0) is 0 Å². The summed E-state index contributed by atoms with van der Waals surface area (Å²) in [5.41, 5.74) is 0.995. The van der Waals surface area contributed by atoms with Crippen LogP contribution in [0.4, 0.5) is 0 Å². The summed E-state index contributed by atoms with van der Waals surface area (Å²) in [4.78, 5) is 23.9. The zero-order valence-corrected chi connectivity index (χ0v) is 11.6. The van der Waals surface area contributed by atoms with Gasteiger partial charge >= 0.3 is 0 Å². The van der Waals surface area contributed by atoms with Gasteiger partial charge in [0.25, 0.3) is 0 Å². The molecule has 0 spiro atoms. The first kappa shape index (κ1) is 15.6. The van der Waals surface area contributed by atoms with Crippen molar-refractivity contribution in [1.82, 2.24) is 0 Å². The van der Waals surface area contributed by atoms with E-state index in [1.807, 2.05) is 12.1 Å². The number of nitriles is 2. The molecular formula is C16H16N2O2. The number of rotatable bonds is 6. The lowest BCUT2D eigenvalue weighted by atomic mass is 9.93. The van der Waals surface area contributed by atoms with Crippen molar-refractivity contribution in [3.63, 3.8) is 0 Å². The second kappa shape index (κ2) is 7.21. The van der Waals surface area contributed by atoms with Crippen LogP contribution >= 0.6 is 0 Å².